The summed E-state index contributed by atoms with van der Waals surface area (Å²) in [6.45, 7) is 4.25. The fourth-order valence-corrected chi connectivity index (χ4v) is 1.69. The van der Waals surface area contributed by atoms with Crippen molar-refractivity contribution in [3.05, 3.63) is 29.3 Å². The van der Waals surface area contributed by atoms with Gasteiger partial charge in [-0.1, -0.05) is 0 Å². The molecule has 0 spiro atoms. The number of ether oxygens (including phenoxy) is 2. The van der Waals surface area contributed by atoms with Gasteiger partial charge in [0.25, 0.3) is 0 Å². The van der Waals surface area contributed by atoms with Gasteiger partial charge >= 0.3 is 5.97 Å². The molecule has 98 valence electrons. The lowest BCUT2D eigenvalue weighted by Crippen LogP contribution is -2.26. The molecule has 0 bridgehead atoms. The van der Waals surface area contributed by atoms with Gasteiger partial charge in [-0.15, -0.1) is 11.6 Å². The van der Waals surface area contributed by atoms with Gasteiger partial charge in [0.15, 0.2) is 11.2 Å². The third-order valence-corrected chi connectivity index (χ3v) is 2.77. The molecular formula is C13H15ClO4. The van der Waals surface area contributed by atoms with Crippen LogP contribution in [0.15, 0.2) is 18.2 Å². The SMILES string of the molecule is CCOc1ccc(C(=O)C(Cl)C(=O)OC)cc1C. The Hall–Kier alpha value is -1.55. The monoisotopic (exact) mass is 270 g/mol. The fourth-order valence-electron chi connectivity index (χ4n) is 1.48. The molecule has 1 aromatic rings. The normalized spacial score (nSPS) is 11.8. The minimum absolute atomic E-state index is 0.362. The van der Waals surface area contributed by atoms with E-state index in [-0.39, 0.29) is 0 Å². The Morgan fingerprint density at radius 2 is 2.06 bits per heavy atom. The molecule has 0 saturated heterocycles. The molecule has 0 aliphatic carbocycles. The van der Waals surface area contributed by atoms with E-state index in [0.717, 1.165) is 5.56 Å². The van der Waals surface area contributed by atoms with E-state index >= 15 is 0 Å². The average molecular weight is 271 g/mol. The first-order valence-electron chi connectivity index (χ1n) is 5.50. The Labute approximate surface area is 111 Å². The molecule has 0 amide bonds. The molecule has 1 atom stereocenters. The topological polar surface area (TPSA) is 52.6 Å². The highest BCUT2D eigenvalue weighted by Gasteiger charge is 2.26. The van der Waals surface area contributed by atoms with Crippen LogP contribution in [0.5, 0.6) is 5.75 Å². The minimum Gasteiger partial charge on any atom is -0.494 e. The summed E-state index contributed by atoms with van der Waals surface area (Å²) in [6.07, 6.45) is 0. The maximum Gasteiger partial charge on any atom is 0.331 e. The van der Waals surface area contributed by atoms with Crippen LogP contribution in [-0.4, -0.2) is 30.8 Å². The quantitative estimate of drug-likeness (QED) is 0.357. The number of aryl methyl sites for hydroxylation is 1. The van der Waals surface area contributed by atoms with E-state index in [1.54, 1.807) is 18.2 Å². The Morgan fingerprint density at radius 3 is 2.56 bits per heavy atom. The Balaban J connectivity index is 2.94. The van der Waals surface area contributed by atoms with Crippen molar-refractivity contribution in [3.8, 4) is 5.75 Å². The van der Waals surface area contributed by atoms with Crippen LogP contribution in [-0.2, 0) is 9.53 Å². The second-order valence-electron chi connectivity index (χ2n) is 3.66. The number of Topliss-reactive ketones (excluding diaryl/α,β-unsaturated/α-hetero) is 1. The molecule has 4 nitrogen and oxygen atoms in total. The van der Waals surface area contributed by atoms with Crippen LogP contribution in [0.4, 0.5) is 0 Å². The molecule has 0 N–H and O–H groups in total. The van der Waals surface area contributed by atoms with Gasteiger partial charge in [0.05, 0.1) is 13.7 Å². The Kier molecular flexibility index (Phi) is 5.16. The summed E-state index contributed by atoms with van der Waals surface area (Å²) in [6, 6.07) is 4.91. The van der Waals surface area contributed by atoms with Crippen LogP contribution in [0.1, 0.15) is 22.8 Å². The van der Waals surface area contributed by atoms with Crippen LogP contribution in [0, 0.1) is 6.92 Å². The lowest BCUT2D eigenvalue weighted by atomic mass is 10.0. The van der Waals surface area contributed by atoms with Crippen LogP contribution < -0.4 is 4.74 Å². The predicted octanol–water partition coefficient (Wildman–Crippen LogP) is 2.36. The second-order valence-corrected chi connectivity index (χ2v) is 4.10. The van der Waals surface area contributed by atoms with Gasteiger partial charge in [-0.05, 0) is 37.6 Å². The molecule has 18 heavy (non-hydrogen) atoms. The number of esters is 1. The third-order valence-electron chi connectivity index (χ3n) is 2.40. The number of methoxy groups -OCH3 is 1. The van der Waals surface area contributed by atoms with Gasteiger partial charge in [0.1, 0.15) is 5.75 Å². The van der Waals surface area contributed by atoms with Gasteiger partial charge in [-0.3, -0.25) is 4.79 Å². The smallest absolute Gasteiger partial charge is 0.331 e. The highest BCUT2D eigenvalue weighted by Crippen LogP contribution is 2.21. The zero-order chi connectivity index (χ0) is 13.7. The van der Waals surface area contributed by atoms with E-state index < -0.39 is 17.1 Å². The number of rotatable bonds is 5. The molecule has 0 saturated carbocycles. The van der Waals surface area contributed by atoms with Crippen LogP contribution in [0.25, 0.3) is 0 Å². The number of carbonyl (C=O) groups excluding carboxylic acids is 2. The van der Waals surface area contributed by atoms with Gasteiger partial charge in [0, 0.05) is 5.56 Å². The summed E-state index contributed by atoms with van der Waals surface area (Å²) in [4.78, 5) is 23.1. The molecule has 5 heteroatoms. The van der Waals surface area contributed by atoms with Crippen molar-refractivity contribution in [2.45, 2.75) is 19.2 Å². The van der Waals surface area contributed by atoms with Crippen LogP contribution in [0.2, 0.25) is 0 Å². The summed E-state index contributed by atoms with van der Waals surface area (Å²) in [7, 11) is 1.19. The van der Waals surface area contributed by atoms with Crippen molar-refractivity contribution in [1.82, 2.24) is 0 Å². The molecule has 1 rings (SSSR count). The summed E-state index contributed by atoms with van der Waals surface area (Å²) in [5.41, 5.74) is 1.18. The average Bonchev–Trinajstić information content (AvgIpc) is 2.38. The standard InChI is InChI=1S/C13H15ClO4/c1-4-18-10-6-5-9(7-8(10)2)12(15)11(14)13(16)17-3/h5-7,11H,4H2,1-3H3. The summed E-state index contributed by atoms with van der Waals surface area (Å²) in [5, 5.41) is -1.31. The lowest BCUT2D eigenvalue weighted by molar-refractivity contribution is -0.139. The largest absolute Gasteiger partial charge is 0.494 e. The molecule has 0 aliphatic heterocycles. The first kappa shape index (κ1) is 14.5. The molecule has 1 aromatic carbocycles. The summed E-state index contributed by atoms with van der Waals surface area (Å²) >= 11 is 5.71. The van der Waals surface area contributed by atoms with Crippen molar-refractivity contribution in [3.63, 3.8) is 0 Å². The molecular weight excluding hydrogens is 256 g/mol. The Bertz CT molecular complexity index is 456. The first-order valence-corrected chi connectivity index (χ1v) is 5.94. The maximum atomic E-state index is 11.9. The van der Waals surface area contributed by atoms with E-state index in [1.165, 1.54) is 7.11 Å². The number of ketones is 1. The van der Waals surface area contributed by atoms with Crippen molar-refractivity contribution in [1.29, 1.82) is 0 Å². The van der Waals surface area contributed by atoms with Crippen LogP contribution >= 0.6 is 11.6 Å². The van der Waals surface area contributed by atoms with Gasteiger partial charge < -0.3 is 9.47 Å². The minimum atomic E-state index is -1.31. The number of alkyl halides is 1. The molecule has 1 unspecified atom stereocenters. The number of carbonyl (C=O) groups is 2. The van der Waals surface area contributed by atoms with Crippen molar-refractivity contribution < 1.29 is 19.1 Å². The molecule has 0 aromatic heterocycles. The number of hydrogen-bond acceptors (Lipinski definition) is 4. The zero-order valence-electron chi connectivity index (χ0n) is 10.5. The van der Waals surface area contributed by atoms with E-state index in [9.17, 15) is 9.59 Å². The van der Waals surface area contributed by atoms with E-state index in [0.29, 0.717) is 17.9 Å². The van der Waals surface area contributed by atoms with E-state index in [2.05, 4.69) is 4.74 Å². The Morgan fingerprint density at radius 1 is 1.39 bits per heavy atom. The van der Waals surface area contributed by atoms with E-state index in [1.807, 2.05) is 13.8 Å². The second kappa shape index (κ2) is 6.40. The summed E-state index contributed by atoms with van der Waals surface area (Å²) < 4.78 is 9.80. The maximum absolute atomic E-state index is 11.9. The fraction of sp³-hybridized carbons (Fsp3) is 0.385. The van der Waals surface area contributed by atoms with Crippen molar-refractivity contribution >= 4 is 23.4 Å². The number of hydrogen-bond donors (Lipinski definition) is 0. The van der Waals surface area contributed by atoms with Gasteiger partial charge in [-0.2, -0.15) is 0 Å². The first-order chi connectivity index (χ1) is 8.51. The van der Waals surface area contributed by atoms with Crippen molar-refractivity contribution in [2.75, 3.05) is 13.7 Å². The lowest BCUT2D eigenvalue weighted by Gasteiger charge is -2.10. The molecule has 0 radical (unpaired) electrons. The molecule has 0 heterocycles. The van der Waals surface area contributed by atoms with Gasteiger partial charge in [-0.25, -0.2) is 4.79 Å². The predicted molar refractivity (Wildman–Crippen MR) is 68.3 cm³/mol. The molecule has 0 fully saturated rings. The number of benzene rings is 1. The highest BCUT2D eigenvalue weighted by molar-refractivity contribution is 6.43. The van der Waals surface area contributed by atoms with Crippen molar-refractivity contribution in [2.24, 2.45) is 0 Å². The van der Waals surface area contributed by atoms with Gasteiger partial charge in [0.2, 0.25) is 0 Å². The highest BCUT2D eigenvalue weighted by atomic mass is 35.5. The molecule has 0 aliphatic rings. The van der Waals surface area contributed by atoms with Crippen LogP contribution in [0.3, 0.4) is 0 Å². The zero-order valence-corrected chi connectivity index (χ0v) is 11.3. The third kappa shape index (κ3) is 3.23. The van der Waals surface area contributed by atoms with E-state index in [4.69, 9.17) is 16.3 Å². The summed E-state index contributed by atoms with van der Waals surface area (Å²) in [5.74, 6) is -0.527. The number of halogens is 1.